The minimum absolute atomic E-state index is 0.221. The molecule has 2 N–H and O–H groups in total. The number of aromatic nitrogens is 1. The Morgan fingerprint density at radius 3 is 2.80 bits per heavy atom. The highest BCUT2D eigenvalue weighted by Gasteiger charge is 2.19. The Morgan fingerprint density at radius 1 is 1.25 bits per heavy atom. The van der Waals surface area contributed by atoms with Crippen LogP contribution >= 0.6 is 11.3 Å². The molecule has 20 heavy (non-hydrogen) atoms. The molecule has 0 radical (unpaired) electrons. The number of anilines is 1. The number of hydrogen-bond donors (Lipinski definition) is 1. The Morgan fingerprint density at radius 2 is 2.05 bits per heavy atom. The molecule has 0 bridgehead atoms. The first-order valence-corrected chi connectivity index (χ1v) is 7.81. The van der Waals surface area contributed by atoms with Gasteiger partial charge in [0.15, 0.2) is 5.13 Å². The fourth-order valence-corrected chi connectivity index (χ4v) is 3.50. The fourth-order valence-electron chi connectivity index (χ4n) is 2.50. The lowest BCUT2D eigenvalue weighted by Crippen LogP contribution is -2.46. The summed E-state index contributed by atoms with van der Waals surface area (Å²) >= 11 is 1.64. The van der Waals surface area contributed by atoms with E-state index >= 15 is 0 Å². The smallest absolute Gasteiger partial charge is 0.186 e. The van der Waals surface area contributed by atoms with Crippen LogP contribution in [0, 0.1) is 5.82 Å². The van der Waals surface area contributed by atoms with E-state index in [9.17, 15) is 4.39 Å². The molecule has 0 aliphatic carbocycles. The highest BCUT2D eigenvalue weighted by atomic mass is 32.1. The second-order valence-corrected chi connectivity index (χ2v) is 6.09. The standard InChI is InChI=1S/C14H19FN4S/c15-11-2-3-13-12(10-11)17-14(20-13)19-8-6-18(7-9-19)5-1-4-16/h2-3,10H,1,4-9,16H2. The molecule has 0 unspecified atom stereocenters. The zero-order chi connectivity index (χ0) is 13.9. The molecule has 1 aromatic heterocycles. The SMILES string of the molecule is NCCCN1CCN(c2nc3cc(F)ccc3s2)CC1. The van der Waals surface area contributed by atoms with Gasteiger partial charge >= 0.3 is 0 Å². The van der Waals surface area contributed by atoms with E-state index in [1.54, 1.807) is 11.3 Å². The summed E-state index contributed by atoms with van der Waals surface area (Å²) in [5, 5.41) is 1.00. The Kier molecular flexibility index (Phi) is 4.14. The van der Waals surface area contributed by atoms with Gasteiger partial charge in [0.1, 0.15) is 5.82 Å². The summed E-state index contributed by atoms with van der Waals surface area (Å²) in [6.45, 7) is 5.88. The number of thiazole rings is 1. The van der Waals surface area contributed by atoms with Gasteiger partial charge in [-0.3, -0.25) is 4.90 Å². The van der Waals surface area contributed by atoms with E-state index in [0.29, 0.717) is 0 Å². The molecule has 0 spiro atoms. The van der Waals surface area contributed by atoms with Crippen LogP contribution in [-0.4, -0.2) is 49.2 Å². The number of nitrogens with two attached hydrogens (primary N) is 1. The van der Waals surface area contributed by atoms with Crippen molar-refractivity contribution < 1.29 is 4.39 Å². The lowest BCUT2D eigenvalue weighted by atomic mass is 10.3. The van der Waals surface area contributed by atoms with Gasteiger partial charge in [-0.25, -0.2) is 9.37 Å². The maximum absolute atomic E-state index is 13.2. The molecular weight excluding hydrogens is 275 g/mol. The summed E-state index contributed by atoms with van der Waals surface area (Å²) in [7, 11) is 0. The first kappa shape index (κ1) is 13.7. The average molecular weight is 294 g/mol. The third kappa shape index (κ3) is 2.92. The predicted molar refractivity (Wildman–Crippen MR) is 81.9 cm³/mol. The van der Waals surface area contributed by atoms with E-state index in [2.05, 4.69) is 14.8 Å². The zero-order valence-electron chi connectivity index (χ0n) is 11.4. The van der Waals surface area contributed by atoms with Crippen LogP contribution < -0.4 is 10.6 Å². The lowest BCUT2D eigenvalue weighted by Gasteiger charge is -2.34. The molecule has 1 aliphatic heterocycles. The predicted octanol–water partition coefficient (Wildman–Crippen LogP) is 1.91. The van der Waals surface area contributed by atoms with E-state index in [4.69, 9.17) is 5.73 Å². The molecule has 1 fully saturated rings. The fraction of sp³-hybridized carbons (Fsp3) is 0.500. The summed E-state index contributed by atoms with van der Waals surface area (Å²) in [6.07, 6.45) is 1.06. The van der Waals surface area contributed by atoms with Gasteiger partial charge in [-0.15, -0.1) is 0 Å². The van der Waals surface area contributed by atoms with E-state index < -0.39 is 0 Å². The Balaban J connectivity index is 1.67. The van der Waals surface area contributed by atoms with Gasteiger partial charge in [0, 0.05) is 32.2 Å². The van der Waals surface area contributed by atoms with Crippen LogP contribution in [0.4, 0.5) is 9.52 Å². The zero-order valence-corrected chi connectivity index (χ0v) is 12.2. The minimum atomic E-state index is -0.221. The van der Waals surface area contributed by atoms with Crippen molar-refractivity contribution in [1.29, 1.82) is 0 Å². The summed E-state index contributed by atoms with van der Waals surface area (Å²) < 4.78 is 14.2. The van der Waals surface area contributed by atoms with E-state index in [0.717, 1.165) is 61.0 Å². The average Bonchev–Trinajstić information content (AvgIpc) is 2.88. The van der Waals surface area contributed by atoms with Crippen molar-refractivity contribution in [1.82, 2.24) is 9.88 Å². The summed E-state index contributed by atoms with van der Waals surface area (Å²) in [5.74, 6) is -0.221. The number of hydrogen-bond acceptors (Lipinski definition) is 5. The molecular formula is C14H19FN4S. The number of benzene rings is 1. The largest absolute Gasteiger partial charge is 0.345 e. The number of nitrogens with zero attached hydrogens (tertiary/aromatic N) is 3. The third-order valence-electron chi connectivity index (χ3n) is 3.66. The van der Waals surface area contributed by atoms with Crippen LogP contribution in [-0.2, 0) is 0 Å². The molecule has 4 nitrogen and oxygen atoms in total. The monoisotopic (exact) mass is 294 g/mol. The molecule has 6 heteroatoms. The second-order valence-electron chi connectivity index (χ2n) is 5.08. The molecule has 3 rings (SSSR count). The summed E-state index contributed by atoms with van der Waals surface area (Å²) in [4.78, 5) is 9.28. The van der Waals surface area contributed by atoms with Crippen LogP contribution in [0.25, 0.3) is 10.2 Å². The molecule has 1 aromatic carbocycles. The van der Waals surface area contributed by atoms with Gasteiger partial charge in [0.25, 0.3) is 0 Å². The molecule has 2 aromatic rings. The van der Waals surface area contributed by atoms with Crippen molar-refractivity contribution in [2.45, 2.75) is 6.42 Å². The normalized spacial score (nSPS) is 17.0. The van der Waals surface area contributed by atoms with Crippen molar-refractivity contribution in [3.8, 4) is 0 Å². The molecule has 0 atom stereocenters. The summed E-state index contributed by atoms with van der Waals surface area (Å²) in [6, 6.07) is 4.81. The first-order valence-electron chi connectivity index (χ1n) is 7.00. The quantitative estimate of drug-likeness (QED) is 0.935. The Hall–Kier alpha value is -1.24. The Labute approximate surface area is 122 Å². The van der Waals surface area contributed by atoms with Crippen molar-refractivity contribution in [3.63, 3.8) is 0 Å². The molecule has 2 heterocycles. The highest BCUT2D eigenvalue weighted by Crippen LogP contribution is 2.29. The van der Waals surface area contributed by atoms with Crippen molar-refractivity contribution in [2.75, 3.05) is 44.2 Å². The number of rotatable bonds is 4. The third-order valence-corrected chi connectivity index (χ3v) is 4.76. The maximum atomic E-state index is 13.2. The van der Waals surface area contributed by atoms with Crippen LogP contribution in [0.15, 0.2) is 18.2 Å². The van der Waals surface area contributed by atoms with Crippen molar-refractivity contribution >= 4 is 26.7 Å². The lowest BCUT2D eigenvalue weighted by molar-refractivity contribution is 0.256. The van der Waals surface area contributed by atoms with E-state index in [-0.39, 0.29) is 5.82 Å². The first-order chi connectivity index (χ1) is 9.76. The molecule has 0 amide bonds. The topological polar surface area (TPSA) is 45.4 Å². The van der Waals surface area contributed by atoms with Crippen molar-refractivity contribution in [2.24, 2.45) is 5.73 Å². The van der Waals surface area contributed by atoms with Gasteiger partial charge in [-0.1, -0.05) is 11.3 Å². The van der Waals surface area contributed by atoms with Gasteiger partial charge < -0.3 is 10.6 Å². The Bertz CT molecular complexity index is 578. The van der Waals surface area contributed by atoms with Gasteiger partial charge in [-0.2, -0.15) is 0 Å². The summed E-state index contributed by atoms with van der Waals surface area (Å²) in [5.41, 5.74) is 6.30. The van der Waals surface area contributed by atoms with Gasteiger partial charge in [-0.05, 0) is 31.6 Å². The minimum Gasteiger partial charge on any atom is -0.345 e. The molecule has 108 valence electrons. The van der Waals surface area contributed by atoms with Crippen LogP contribution in [0.1, 0.15) is 6.42 Å². The molecule has 1 aliphatic rings. The van der Waals surface area contributed by atoms with Gasteiger partial charge in [0.2, 0.25) is 0 Å². The van der Waals surface area contributed by atoms with E-state index in [1.807, 2.05) is 6.07 Å². The number of fused-ring (bicyclic) bond motifs is 1. The van der Waals surface area contributed by atoms with Crippen LogP contribution in [0.5, 0.6) is 0 Å². The van der Waals surface area contributed by atoms with Gasteiger partial charge in [0.05, 0.1) is 10.2 Å². The molecule has 0 saturated carbocycles. The molecule has 1 saturated heterocycles. The van der Waals surface area contributed by atoms with Crippen LogP contribution in [0.2, 0.25) is 0 Å². The number of piperazine rings is 1. The number of halogens is 1. The van der Waals surface area contributed by atoms with Crippen LogP contribution in [0.3, 0.4) is 0 Å². The highest BCUT2D eigenvalue weighted by molar-refractivity contribution is 7.22. The maximum Gasteiger partial charge on any atom is 0.186 e. The van der Waals surface area contributed by atoms with E-state index in [1.165, 1.54) is 12.1 Å². The van der Waals surface area contributed by atoms with Crippen molar-refractivity contribution in [3.05, 3.63) is 24.0 Å². The second kappa shape index (κ2) is 6.03.